The second kappa shape index (κ2) is 8.68. The van der Waals surface area contributed by atoms with Crippen molar-refractivity contribution in [3.63, 3.8) is 0 Å². The molecule has 0 bridgehead atoms. The van der Waals surface area contributed by atoms with E-state index in [1.807, 2.05) is 78.7 Å². The number of nitrogens with zero attached hydrogens (tertiary/aromatic N) is 5. The van der Waals surface area contributed by atoms with Crippen LogP contribution in [0.3, 0.4) is 0 Å². The number of aromatic nitrogens is 2. The summed E-state index contributed by atoms with van der Waals surface area (Å²) in [5.41, 5.74) is 3.90. The highest BCUT2D eigenvalue weighted by Crippen LogP contribution is 2.09. The van der Waals surface area contributed by atoms with Gasteiger partial charge in [0.1, 0.15) is 0 Å². The highest BCUT2D eigenvalue weighted by Gasteiger charge is 2.09. The van der Waals surface area contributed by atoms with Crippen LogP contribution in [0.5, 0.6) is 0 Å². The van der Waals surface area contributed by atoms with E-state index in [2.05, 4.69) is 26.4 Å². The van der Waals surface area contributed by atoms with E-state index in [-0.39, 0.29) is 0 Å². The highest BCUT2D eigenvalue weighted by molar-refractivity contribution is 5.79. The molecule has 3 aromatic rings. The molecule has 0 aliphatic carbocycles. The molecule has 1 N–H and O–H groups in total. The maximum atomic E-state index is 8.87. The summed E-state index contributed by atoms with van der Waals surface area (Å²) >= 11 is 0. The number of guanidine groups is 1. The van der Waals surface area contributed by atoms with E-state index in [9.17, 15) is 0 Å². The van der Waals surface area contributed by atoms with Crippen LogP contribution in [0.4, 0.5) is 0 Å². The Hall–Kier alpha value is -3.59. The SMILES string of the molecule is CN=C(NCc1ccc(C#N)cc1)N(C)Cc1cnn(-c2ccccc2)c1. The van der Waals surface area contributed by atoms with E-state index < -0.39 is 0 Å². The van der Waals surface area contributed by atoms with Gasteiger partial charge >= 0.3 is 0 Å². The molecule has 1 heterocycles. The third-order valence-corrected chi connectivity index (χ3v) is 4.18. The van der Waals surface area contributed by atoms with Gasteiger partial charge < -0.3 is 10.2 Å². The molecule has 6 nitrogen and oxygen atoms in total. The maximum Gasteiger partial charge on any atom is 0.193 e. The van der Waals surface area contributed by atoms with Crippen LogP contribution in [0.25, 0.3) is 5.69 Å². The summed E-state index contributed by atoms with van der Waals surface area (Å²) in [7, 11) is 3.76. The third-order valence-electron chi connectivity index (χ3n) is 4.18. The molecule has 0 spiro atoms. The zero-order valence-corrected chi connectivity index (χ0v) is 15.5. The average Bonchev–Trinajstić information content (AvgIpc) is 3.18. The van der Waals surface area contributed by atoms with Crippen molar-refractivity contribution in [3.05, 3.63) is 83.7 Å². The summed E-state index contributed by atoms with van der Waals surface area (Å²) in [6.45, 7) is 1.34. The monoisotopic (exact) mass is 358 g/mol. The summed E-state index contributed by atoms with van der Waals surface area (Å²) < 4.78 is 1.87. The molecule has 0 atom stereocenters. The second-order valence-corrected chi connectivity index (χ2v) is 6.19. The van der Waals surface area contributed by atoms with Crippen LogP contribution >= 0.6 is 0 Å². The quantitative estimate of drug-likeness (QED) is 0.562. The van der Waals surface area contributed by atoms with Crippen molar-refractivity contribution in [1.82, 2.24) is 20.0 Å². The number of hydrogen-bond acceptors (Lipinski definition) is 3. The molecule has 0 saturated heterocycles. The lowest BCUT2D eigenvalue weighted by molar-refractivity contribution is 0.476. The van der Waals surface area contributed by atoms with Gasteiger partial charge in [0.05, 0.1) is 23.5 Å². The largest absolute Gasteiger partial charge is 0.352 e. The van der Waals surface area contributed by atoms with Gasteiger partial charge in [-0.15, -0.1) is 0 Å². The van der Waals surface area contributed by atoms with E-state index in [1.54, 1.807) is 7.05 Å². The molecule has 0 aliphatic rings. The first-order valence-electron chi connectivity index (χ1n) is 8.69. The van der Waals surface area contributed by atoms with Gasteiger partial charge in [-0.3, -0.25) is 4.99 Å². The van der Waals surface area contributed by atoms with Gasteiger partial charge in [-0.25, -0.2) is 4.68 Å². The van der Waals surface area contributed by atoms with Crippen molar-refractivity contribution in [2.24, 2.45) is 4.99 Å². The molecule has 136 valence electrons. The lowest BCUT2D eigenvalue weighted by Gasteiger charge is -2.21. The Morgan fingerprint density at radius 1 is 1.15 bits per heavy atom. The molecule has 0 saturated carbocycles. The van der Waals surface area contributed by atoms with Crippen molar-refractivity contribution in [1.29, 1.82) is 5.26 Å². The van der Waals surface area contributed by atoms with Gasteiger partial charge in [-0.05, 0) is 29.8 Å². The minimum atomic E-state index is 0.645. The Kier molecular flexibility index (Phi) is 5.85. The standard InChI is InChI=1S/C21H22N6/c1-23-21(24-13-18-10-8-17(12-22)9-11-18)26(2)15-19-14-25-27(16-19)20-6-4-3-5-7-20/h3-11,14,16H,13,15H2,1-2H3,(H,23,24). The first kappa shape index (κ1) is 18.2. The summed E-state index contributed by atoms with van der Waals surface area (Å²) in [6, 6.07) is 19.7. The van der Waals surface area contributed by atoms with Crippen molar-refractivity contribution in [2.45, 2.75) is 13.1 Å². The molecule has 0 unspecified atom stereocenters. The maximum absolute atomic E-state index is 8.87. The second-order valence-electron chi connectivity index (χ2n) is 6.19. The van der Waals surface area contributed by atoms with Crippen LogP contribution in [0, 0.1) is 11.3 Å². The number of rotatable bonds is 5. The van der Waals surface area contributed by atoms with Crippen molar-refractivity contribution >= 4 is 5.96 Å². The Bertz CT molecular complexity index is 935. The summed E-state index contributed by atoms with van der Waals surface area (Å²) in [5, 5.41) is 16.7. The normalized spacial score (nSPS) is 11.1. The zero-order chi connectivity index (χ0) is 19.1. The van der Waals surface area contributed by atoms with Gasteiger partial charge in [0.25, 0.3) is 0 Å². The fourth-order valence-corrected chi connectivity index (χ4v) is 2.78. The first-order valence-corrected chi connectivity index (χ1v) is 8.69. The fourth-order valence-electron chi connectivity index (χ4n) is 2.78. The number of benzene rings is 2. The van der Waals surface area contributed by atoms with Gasteiger partial charge in [-0.1, -0.05) is 30.3 Å². The molecule has 3 rings (SSSR count). The first-order chi connectivity index (χ1) is 13.2. The van der Waals surface area contributed by atoms with E-state index >= 15 is 0 Å². The van der Waals surface area contributed by atoms with E-state index in [0.29, 0.717) is 18.7 Å². The molecular formula is C21H22N6. The lowest BCUT2D eigenvalue weighted by atomic mass is 10.1. The van der Waals surface area contributed by atoms with Crippen LogP contribution in [0.1, 0.15) is 16.7 Å². The van der Waals surface area contributed by atoms with E-state index in [1.165, 1.54) is 0 Å². The van der Waals surface area contributed by atoms with Crippen LogP contribution in [0.15, 0.2) is 72.0 Å². The van der Waals surface area contributed by atoms with Gasteiger partial charge in [0, 0.05) is 38.9 Å². The lowest BCUT2D eigenvalue weighted by Crippen LogP contribution is -2.37. The predicted octanol–water partition coefficient (Wildman–Crippen LogP) is 2.95. The molecule has 0 fully saturated rings. The molecular weight excluding hydrogens is 336 g/mol. The topological polar surface area (TPSA) is 69.2 Å². The zero-order valence-electron chi connectivity index (χ0n) is 15.5. The summed E-state index contributed by atoms with van der Waals surface area (Å²) in [6.07, 6.45) is 3.90. The van der Waals surface area contributed by atoms with Gasteiger partial charge in [0.15, 0.2) is 5.96 Å². The van der Waals surface area contributed by atoms with Crippen molar-refractivity contribution in [3.8, 4) is 11.8 Å². The highest BCUT2D eigenvalue weighted by atomic mass is 15.3. The molecule has 27 heavy (non-hydrogen) atoms. The molecule has 0 aliphatic heterocycles. The number of aliphatic imine (C=N–C) groups is 1. The molecule has 0 amide bonds. The Labute approximate surface area is 159 Å². The fraction of sp³-hybridized carbons (Fsp3) is 0.190. The van der Waals surface area contributed by atoms with Crippen LogP contribution < -0.4 is 5.32 Å². The Morgan fingerprint density at radius 2 is 1.89 bits per heavy atom. The Morgan fingerprint density at radius 3 is 2.56 bits per heavy atom. The Balaban J connectivity index is 1.59. The third kappa shape index (κ3) is 4.73. The number of nitrogens with one attached hydrogen (secondary N) is 1. The molecule has 2 aromatic carbocycles. The average molecular weight is 358 g/mol. The van der Waals surface area contributed by atoms with Crippen LogP contribution in [-0.4, -0.2) is 34.7 Å². The summed E-state index contributed by atoms with van der Waals surface area (Å²) in [4.78, 5) is 6.40. The number of hydrogen-bond donors (Lipinski definition) is 1. The number of para-hydroxylation sites is 1. The molecule has 0 radical (unpaired) electrons. The van der Waals surface area contributed by atoms with Crippen molar-refractivity contribution < 1.29 is 0 Å². The predicted molar refractivity (Wildman–Crippen MR) is 106 cm³/mol. The minimum absolute atomic E-state index is 0.645. The van der Waals surface area contributed by atoms with Gasteiger partial charge in [-0.2, -0.15) is 10.4 Å². The van der Waals surface area contributed by atoms with Crippen LogP contribution in [-0.2, 0) is 13.1 Å². The molecule has 1 aromatic heterocycles. The van der Waals surface area contributed by atoms with Gasteiger partial charge in [0.2, 0.25) is 0 Å². The smallest absolute Gasteiger partial charge is 0.193 e. The van der Waals surface area contributed by atoms with E-state index in [4.69, 9.17) is 5.26 Å². The summed E-state index contributed by atoms with van der Waals surface area (Å²) in [5.74, 6) is 0.798. The minimum Gasteiger partial charge on any atom is -0.352 e. The van der Waals surface area contributed by atoms with Crippen LogP contribution in [0.2, 0.25) is 0 Å². The van der Waals surface area contributed by atoms with Crippen molar-refractivity contribution in [2.75, 3.05) is 14.1 Å². The van der Waals surface area contributed by atoms with E-state index in [0.717, 1.165) is 22.8 Å². The molecule has 6 heteroatoms. The number of nitriles is 1.